The Morgan fingerprint density at radius 1 is 1.29 bits per heavy atom. The van der Waals surface area contributed by atoms with E-state index in [1.807, 2.05) is 45.0 Å². The van der Waals surface area contributed by atoms with Crippen molar-refractivity contribution in [1.29, 1.82) is 0 Å². The molecule has 0 heterocycles. The summed E-state index contributed by atoms with van der Waals surface area (Å²) >= 11 is 0. The summed E-state index contributed by atoms with van der Waals surface area (Å²) in [5, 5.41) is 11.9. The minimum atomic E-state index is 0.0241. The van der Waals surface area contributed by atoms with Crippen LogP contribution in [0.25, 0.3) is 0 Å². The smallest absolute Gasteiger partial charge is 0.223 e. The van der Waals surface area contributed by atoms with Crippen LogP contribution < -0.4 is 5.32 Å². The Kier molecular flexibility index (Phi) is 5.16. The number of rotatable bonds is 5. The van der Waals surface area contributed by atoms with E-state index >= 15 is 0 Å². The first-order valence-corrected chi connectivity index (χ1v) is 6.01. The van der Waals surface area contributed by atoms with E-state index in [2.05, 4.69) is 5.32 Å². The number of nitrogens with one attached hydrogen (secondary N) is 1. The van der Waals surface area contributed by atoms with Crippen LogP contribution in [0.5, 0.6) is 0 Å². The fourth-order valence-corrected chi connectivity index (χ4v) is 1.49. The van der Waals surface area contributed by atoms with E-state index in [-0.39, 0.29) is 18.4 Å². The third kappa shape index (κ3) is 4.19. The number of aliphatic hydroxyl groups is 1. The van der Waals surface area contributed by atoms with E-state index in [0.717, 1.165) is 11.1 Å². The van der Waals surface area contributed by atoms with Gasteiger partial charge in [0.1, 0.15) is 0 Å². The Morgan fingerprint density at radius 2 is 1.94 bits per heavy atom. The van der Waals surface area contributed by atoms with Gasteiger partial charge in [-0.25, -0.2) is 0 Å². The first-order valence-electron chi connectivity index (χ1n) is 6.01. The van der Waals surface area contributed by atoms with E-state index in [1.165, 1.54) is 0 Å². The van der Waals surface area contributed by atoms with Crippen molar-refractivity contribution < 1.29 is 9.90 Å². The van der Waals surface area contributed by atoms with Gasteiger partial charge in [-0.15, -0.1) is 0 Å². The second-order valence-electron chi connectivity index (χ2n) is 4.73. The molecular formula is C14H21NO2. The van der Waals surface area contributed by atoms with Gasteiger partial charge in [-0.05, 0) is 17.0 Å². The van der Waals surface area contributed by atoms with Crippen LogP contribution in [-0.2, 0) is 17.9 Å². The maximum absolute atomic E-state index is 11.8. The molecular weight excluding hydrogens is 214 g/mol. The van der Waals surface area contributed by atoms with Crippen molar-refractivity contribution in [2.24, 2.45) is 11.8 Å². The van der Waals surface area contributed by atoms with Crippen LogP contribution in [0.15, 0.2) is 24.3 Å². The monoisotopic (exact) mass is 235 g/mol. The van der Waals surface area contributed by atoms with Crippen molar-refractivity contribution in [3.8, 4) is 0 Å². The van der Waals surface area contributed by atoms with Gasteiger partial charge in [-0.3, -0.25) is 4.79 Å². The van der Waals surface area contributed by atoms with E-state index in [9.17, 15) is 4.79 Å². The molecule has 0 radical (unpaired) electrons. The predicted octanol–water partition coefficient (Wildman–Crippen LogP) is 2.09. The lowest BCUT2D eigenvalue weighted by atomic mass is 9.97. The summed E-state index contributed by atoms with van der Waals surface area (Å²) in [6, 6.07) is 7.60. The number of carbonyl (C=O) groups excluding carboxylic acids is 1. The highest BCUT2D eigenvalue weighted by Crippen LogP contribution is 2.10. The third-order valence-corrected chi connectivity index (χ3v) is 3.05. The molecule has 1 rings (SSSR count). The zero-order valence-electron chi connectivity index (χ0n) is 10.7. The van der Waals surface area contributed by atoms with Gasteiger partial charge in [0.15, 0.2) is 0 Å². The van der Waals surface area contributed by atoms with Crippen LogP contribution in [0.3, 0.4) is 0 Å². The van der Waals surface area contributed by atoms with E-state index in [0.29, 0.717) is 12.5 Å². The van der Waals surface area contributed by atoms with Crippen LogP contribution in [0, 0.1) is 11.8 Å². The van der Waals surface area contributed by atoms with Crippen LogP contribution in [0.2, 0.25) is 0 Å². The highest BCUT2D eigenvalue weighted by atomic mass is 16.3. The quantitative estimate of drug-likeness (QED) is 0.821. The second kappa shape index (κ2) is 6.40. The van der Waals surface area contributed by atoms with Crippen LogP contribution in [-0.4, -0.2) is 11.0 Å². The molecule has 2 N–H and O–H groups in total. The van der Waals surface area contributed by atoms with Gasteiger partial charge in [0.2, 0.25) is 5.91 Å². The summed E-state index contributed by atoms with van der Waals surface area (Å²) in [7, 11) is 0. The molecule has 17 heavy (non-hydrogen) atoms. The van der Waals surface area contributed by atoms with Gasteiger partial charge in [-0.1, -0.05) is 45.0 Å². The van der Waals surface area contributed by atoms with Crippen molar-refractivity contribution >= 4 is 5.91 Å². The van der Waals surface area contributed by atoms with Gasteiger partial charge in [0.25, 0.3) is 0 Å². The number of hydrogen-bond donors (Lipinski definition) is 2. The molecule has 0 saturated carbocycles. The zero-order valence-corrected chi connectivity index (χ0v) is 10.7. The molecule has 0 aliphatic rings. The molecule has 0 bridgehead atoms. The van der Waals surface area contributed by atoms with Crippen LogP contribution in [0.4, 0.5) is 0 Å². The highest BCUT2D eigenvalue weighted by Gasteiger charge is 2.15. The summed E-state index contributed by atoms with van der Waals surface area (Å²) in [5.41, 5.74) is 1.88. The Balaban J connectivity index is 2.52. The number of carbonyl (C=O) groups is 1. The molecule has 94 valence electrons. The standard InChI is InChI=1S/C14H21NO2/c1-10(2)11(3)14(17)15-8-12-5-4-6-13(7-12)9-16/h4-7,10-11,16H,8-9H2,1-3H3,(H,15,17). The zero-order chi connectivity index (χ0) is 12.8. The van der Waals surface area contributed by atoms with E-state index in [4.69, 9.17) is 5.11 Å². The lowest BCUT2D eigenvalue weighted by Gasteiger charge is -2.15. The lowest BCUT2D eigenvalue weighted by molar-refractivity contribution is -0.125. The number of amides is 1. The summed E-state index contributed by atoms with van der Waals surface area (Å²) < 4.78 is 0. The number of hydrogen-bond acceptors (Lipinski definition) is 2. The average Bonchev–Trinajstić information content (AvgIpc) is 2.35. The normalized spacial score (nSPS) is 12.5. The molecule has 1 atom stereocenters. The SMILES string of the molecule is CC(C)C(C)C(=O)NCc1cccc(CO)c1. The molecule has 0 aliphatic heterocycles. The van der Waals surface area contributed by atoms with Crippen molar-refractivity contribution in [2.75, 3.05) is 0 Å². The minimum absolute atomic E-state index is 0.0241. The third-order valence-electron chi connectivity index (χ3n) is 3.05. The second-order valence-corrected chi connectivity index (χ2v) is 4.73. The fraction of sp³-hybridized carbons (Fsp3) is 0.500. The maximum atomic E-state index is 11.8. The molecule has 1 amide bonds. The summed E-state index contributed by atoms with van der Waals surface area (Å²) in [4.78, 5) is 11.8. The van der Waals surface area contributed by atoms with E-state index in [1.54, 1.807) is 0 Å². The van der Waals surface area contributed by atoms with Crippen molar-refractivity contribution in [3.63, 3.8) is 0 Å². The molecule has 0 aliphatic carbocycles. The maximum Gasteiger partial charge on any atom is 0.223 e. The molecule has 0 aromatic heterocycles. The van der Waals surface area contributed by atoms with Crippen LogP contribution in [0.1, 0.15) is 31.9 Å². The molecule has 1 unspecified atom stereocenters. The molecule has 3 nitrogen and oxygen atoms in total. The Hall–Kier alpha value is -1.35. The Morgan fingerprint density at radius 3 is 2.53 bits per heavy atom. The molecule has 1 aromatic carbocycles. The minimum Gasteiger partial charge on any atom is -0.392 e. The molecule has 0 saturated heterocycles. The molecule has 1 aromatic rings. The van der Waals surface area contributed by atoms with Gasteiger partial charge in [0.05, 0.1) is 6.61 Å². The van der Waals surface area contributed by atoms with Crippen molar-refractivity contribution in [3.05, 3.63) is 35.4 Å². The van der Waals surface area contributed by atoms with Gasteiger partial charge >= 0.3 is 0 Å². The van der Waals surface area contributed by atoms with Gasteiger partial charge < -0.3 is 10.4 Å². The fourth-order valence-electron chi connectivity index (χ4n) is 1.49. The first kappa shape index (κ1) is 13.7. The topological polar surface area (TPSA) is 49.3 Å². The van der Waals surface area contributed by atoms with Gasteiger partial charge in [-0.2, -0.15) is 0 Å². The van der Waals surface area contributed by atoms with Crippen molar-refractivity contribution in [1.82, 2.24) is 5.32 Å². The molecule has 0 spiro atoms. The molecule has 0 fully saturated rings. The van der Waals surface area contributed by atoms with Crippen molar-refractivity contribution in [2.45, 2.75) is 33.9 Å². The largest absolute Gasteiger partial charge is 0.392 e. The van der Waals surface area contributed by atoms with Gasteiger partial charge in [0, 0.05) is 12.5 Å². The first-order chi connectivity index (χ1) is 8.04. The predicted molar refractivity (Wildman–Crippen MR) is 68.2 cm³/mol. The molecule has 3 heteroatoms. The van der Waals surface area contributed by atoms with E-state index < -0.39 is 0 Å². The number of benzene rings is 1. The average molecular weight is 235 g/mol. The summed E-state index contributed by atoms with van der Waals surface area (Å²) in [6.07, 6.45) is 0. The lowest BCUT2D eigenvalue weighted by Crippen LogP contribution is -2.31. The summed E-state index contributed by atoms with van der Waals surface area (Å²) in [5.74, 6) is 0.448. The highest BCUT2D eigenvalue weighted by molar-refractivity contribution is 5.78. The number of aliphatic hydroxyl groups excluding tert-OH is 1. The Labute approximate surface area is 103 Å². The summed E-state index contributed by atoms with van der Waals surface area (Å²) in [6.45, 7) is 6.56. The Bertz CT molecular complexity index is 374. The van der Waals surface area contributed by atoms with Crippen LogP contribution >= 0.6 is 0 Å².